The number of halogens is 6. The first kappa shape index (κ1) is 24.5. The fraction of sp³-hybridized carbons (Fsp3) is 0.429. The van der Waals surface area contributed by atoms with Crippen molar-refractivity contribution in [3.05, 3.63) is 65.2 Å². The molecule has 176 valence electrons. The van der Waals surface area contributed by atoms with Crippen LogP contribution < -0.4 is 0 Å². The molecule has 0 bridgehead atoms. The van der Waals surface area contributed by atoms with E-state index in [0.29, 0.717) is 24.5 Å². The number of benzene rings is 2. The summed E-state index contributed by atoms with van der Waals surface area (Å²) < 4.78 is 104. The first-order valence-electron chi connectivity index (χ1n) is 9.82. The summed E-state index contributed by atoms with van der Waals surface area (Å²) in [7, 11) is -2.33. The van der Waals surface area contributed by atoms with Gasteiger partial charge >= 0.3 is 12.4 Å². The molecule has 1 heterocycles. The topological polar surface area (TPSA) is 40.6 Å². The van der Waals surface area contributed by atoms with Gasteiger partial charge in [-0.3, -0.25) is 4.90 Å². The van der Waals surface area contributed by atoms with Gasteiger partial charge in [0.2, 0.25) is 10.0 Å². The highest BCUT2D eigenvalue weighted by molar-refractivity contribution is 7.89. The lowest BCUT2D eigenvalue weighted by atomic mass is 10.0. The molecular weight excluding hydrogens is 458 g/mol. The van der Waals surface area contributed by atoms with Crippen molar-refractivity contribution in [1.82, 2.24) is 9.21 Å². The van der Waals surface area contributed by atoms with E-state index in [1.807, 2.05) is 4.90 Å². The van der Waals surface area contributed by atoms with Gasteiger partial charge in [0.25, 0.3) is 0 Å². The molecule has 0 spiro atoms. The van der Waals surface area contributed by atoms with Gasteiger partial charge in [0.1, 0.15) is 0 Å². The highest BCUT2D eigenvalue weighted by Gasteiger charge is 2.35. The zero-order chi connectivity index (χ0) is 23.7. The van der Waals surface area contributed by atoms with Gasteiger partial charge in [-0.05, 0) is 49.7 Å². The number of sulfonamides is 1. The molecule has 1 saturated heterocycles. The zero-order valence-electron chi connectivity index (χ0n) is 17.1. The Balaban J connectivity index is 1.65. The van der Waals surface area contributed by atoms with E-state index in [9.17, 15) is 34.8 Å². The maximum absolute atomic E-state index is 12.9. The van der Waals surface area contributed by atoms with E-state index in [2.05, 4.69) is 0 Å². The SMILES string of the molecule is CN(Cc1cccc(C(F)(F)F)c1)C1CCN(S(=O)(=O)c2cccc(C(F)(F)F)c2)CC1. The Hall–Kier alpha value is -2.11. The van der Waals surface area contributed by atoms with E-state index in [-0.39, 0.29) is 25.7 Å². The van der Waals surface area contributed by atoms with Gasteiger partial charge in [0.05, 0.1) is 16.0 Å². The predicted molar refractivity (Wildman–Crippen MR) is 106 cm³/mol. The van der Waals surface area contributed by atoms with Crippen molar-refractivity contribution >= 4 is 10.0 Å². The molecule has 0 saturated carbocycles. The fourth-order valence-electron chi connectivity index (χ4n) is 3.77. The quantitative estimate of drug-likeness (QED) is 0.565. The van der Waals surface area contributed by atoms with E-state index >= 15 is 0 Å². The Bertz CT molecular complexity index is 1040. The lowest BCUT2D eigenvalue weighted by Gasteiger charge is -2.36. The molecule has 1 fully saturated rings. The average molecular weight is 480 g/mol. The van der Waals surface area contributed by atoms with Crippen LogP contribution in [0.3, 0.4) is 0 Å². The van der Waals surface area contributed by atoms with Crippen molar-refractivity contribution in [1.29, 1.82) is 0 Å². The first-order chi connectivity index (χ1) is 14.8. The summed E-state index contributed by atoms with van der Waals surface area (Å²) in [6.07, 6.45) is -8.26. The van der Waals surface area contributed by atoms with Crippen molar-refractivity contribution < 1.29 is 34.8 Å². The Morgan fingerprint density at radius 1 is 0.906 bits per heavy atom. The molecule has 1 aliphatic rings. The molecule has 2 aromatic carbocycles. The molecule has 1 aliphatic heterocycles. The van der Waals surface area contributed by atoms with Crippen LogP contribution in [0.5, 0.6) is 0 Å². The van der Waals surface area contributed by atoms with Gasteiger partial charge in [-0.2, -0.15) is 30.6 Å². The van der Waals surface area contributed by atoms with Crippen molar-refractivity contribution in [2.24, 2.45) is 0 Å². The summed E-state index contributed by atoms with van der Waals surface area (Å²) in [4.78, 5) is 1.45. The minimum absolute atomic E-state index is 0.0718. The number of rotatable bonds is 5. The molecular formula is C21H22F6N2O2S. The van der Waals surface area contributed by atoms with Crippen LogP contribution in [0, 0.1) is 0 Å². The Kier molecular flexibility index (Phi) is 6.92. The molecule has 3 rings (SSSR count). The second-order valence-corrected chi connectivity index (χ2v) is 9.71. The number of hydrogen-bond donors (Lipinski definition) is 0. The summed E-state index contributed by atoms with van der Waals surface area (Å²) in [6, 6.07) is 8.59. The van der Waals surface area contributed by atoms with Gasteiger partial charge in [-0.15, -0.1) is 0 Å². The molecule has 0 atom stereocenters. The van der Waals surface area contributed by atoms with Crippen LogP contribution in [-0.4, -0.2) is 43.8 Å². The highest BCUT2D eigenvalue weighted by atomic mass is 32.2. The van der Waals surface area contributed by atoms with Crippen molar-refractivity contribution in [3.8, 4) is 0 Å². The van der Waals surface area contributed by atoms with Crippen molar-refractivity contribution in [2.45, 2.75) is 42.7 Å². The number of piperidine rings is 1. The molecule has 0 unspecified atom stereocenters. The smallest absolute Gasteiger partial charge is 0.299 e. The molecule has 0 radical (unpaired) electrons. The summed E-state index contributed by atoms with van der Waals surface area (Å²) in [5, 5.41) is 0. The van der Waals surface area contributed by atoms with Gasteiger partial charge in [-0.25, -0.2) is 8.42 Å². The lowest BCUT2D eigenvalue weighted by molar-refractivity contribution is -0.138. The number of nitrogens with zero attached hydrogens (tertiary/aromatic N) is 2. The average Bonchev–Trinajstić information content (AvgIpc) is 2.73. The van der Waals surface area contributed by atoms with E-state index in [1.165, 1.54) is 6.07 Å². The van der Waals surface area contributed by atoms with Crippen LogP contribution >= 0.6 is 0 Å². The van der Waals surface area contributed by atoms with E-state index in [0.717, 1.165) is 34.6 Å². The van der Waals surface area contributed by atoms with Gasteiger partial charge in [0.15, 0.2) is 0 Å². The normalized spacial score (nSPS) is 17.1. The Morgan fingerprint density at radius 2 is 1.44 bits per heavy atom. The summed E-state index contributed by atoms with van der Waals surface area (Å²) in [5.41, 5.74) is -1.28. The van der Waals surface area contributed by atoms with Gasteiger partial charge in [-0.1, -0.05) is 24.3 Å². The summed E-state index contributed by atoms with van der Waals surface area (Å²) in [6.45, 7) is 0.474. The van der Waals surface area contributed by atoms with E-state index in [1.54, 1.807) is 13.1 Å². The highest BCUT2D eigenvalue weighted by Crippen LogP contribution is 2.32. The molecule has 0 aliphatic carbocycles. The monoisotopic (exact) mass is 480 g/mol. The third-order valence-electron chi connectivity index (χ3n) is 5.53. The summed E-state index contributed by atoms with van der Waals surface area (Å²) in [5.74, 6) is 0. The third-order valence-corrected chi connectivity index (χ3v) is 7.43. The molecule has 0 aromatic heterocycles. The molecule has 0 N–H and O–H groups in total. The van der Waals surface area contributed by atoms with Gasteiger partial charge in [0, 0.05) is 25.7 Å². The molecule has 2 aromatic rings. The molecule has 11 heteroatoms. The molecule has 32 heavy (non-hydrogen) atoms. The number of alkyl halides is 6. The van der Waals surface area contributed by atoms with Crippen LogP contribution in [0.1, 0.15) is 29.5 Å². The van der Waals surface area contributed by atoms with Crippen LogP contribution in [0.15, 0.2) is 53.4 Å². The fourth-order valence-corrected chi connectivity index (χ4v) is 5.28. The standard InChI is InChI=1S/C21H22F6N2O2S/c1-28(14-15-4-2-5-16(12-15)20(22,23)24)18-8-10-29(11-9-18)32(30,31)19-7-3-6-17(13-19)21(25,26)27/h2-7,12-13,18H,8-11,14H2,1H3. The zero-order valence-corrected chi connectivity index (χ0v) is 17.9. The van der Waals surface area contributed by atoms with Crippen LogP contribution in [0.2, 0.25) is 0 Å². The molecule has 4 nitrogen and oxygen atoms in total. The van der Waals surface area contributed by atoms with Gasteiger partial charge < -0.3 is 0 Å². The van der Waals surface area contributed by atoms with Crippen LogP contribution in [0.4, 0.5) is 26.3 Å². The maximum atomic E-state index is 12.9. The van der Waals surface area contributed by atoms with Crippen LogP contribution in [0.25, 0.3) is 0 Å². The van der Waals surface area contributed by atoms with E-state index < -0.39 is 38.4 Å². The minimum atomic E-state index is -4.65. The van der Waals surface area contributed by atoms with E-state index in [4.69, 9.17) is 0 Å². The third kappa shape index (κ3) is 5.62. The van der Waals surface area contributed by atoms with Crippen molar-refractivity contribution in [2.75, 3.05) is 20.1 Å². The minimum Gasteiger partial charge on any atom is -0.299 e. The maximum Gasteiger partial charge on any atom is 0.416 e. The second-order valence-electron chi connectivity index (χ2n) is 7.77. The largest absolute Gasteiger partial charge is 0.416 e. The second kappa shape index (κ2) is 9.03. The van der Waals surface area contributed by atoms with Crippen molar-refractivity contribution in [3.63, 3.8) is 0 Å². The van der Waals surface area contributed by atoms with Crippen LogP contribution in [-0.2, 0) is 28.9 Å². The predicted octanol–water partition coefficient (Wildman–Crippen LogP) is 5.01. The first-order valence-corrected chi connectivity index (χ1v) is 11.3. The molecule has 0 amide bonds. The summed E-state index contributed by atoms with van der Waals surface area (Å²) >= 11 is 0. The number of hydrogen-bond acceptors (Lipinski definition) is 3. The Morgan fingerprint density at radius 3 is 2.00 bits per heavy atom. The lowest BCUT2D eigenvalue weighted by Crippen LogP contribution is -2.45. The Labute approximate surface area is 182 Å².